The van der Waals surface area contributed by atoms with E-state index in [9.17, 15) is 4.79 Å². The van der Waals surface area contributed by atoms with Crippen molar-refractivity contribution < 1.29 is 14.1 Å². The van der Waals surface area contributed by atoms with Gasteiger partial charge in [-0.25, -0.2) is 0 Å². The topological polar surface area (TPSA) is 77.2 Å². The second-order valence-corrected chi connectivity index (χ2v) is 7.66. The molecular weight excluding hydrogens is 402 g/mol. The SMILES string of the molecule is Cc1noc(C)c1COc1cc2ccccc2cc1C(=O)Nc1cnc2ccccc2c1. The highest BCUT2D eigenvalue weighted by Gasteiger charge is 2.17. The number of amides is 1. The van der Waals surface area contributed by atoms with Crippen molar-refractivity contribution in [3.63, 3.8) is 0 Å². The van der Waals surface area contributed by atoms with Gasteiger partial charge < -0.3 is 14.6 Å². The molecule has 0 unspecified atom stereocenters. The third-order valence-electron chi connectivity index (χ3n) is 5.49. The number of fused-ring (bicyclic) bond motifs is 2. The second-order valence-electron chi connectivity index (χ2n) is 7.66. The maximum atomic E-state index is 13.3. The number of ether oxygens (including phenoxy) is 1. The summed E-state index contributed by atoms with van der Waals surface area (Å²) in [6, 6.07) is 21.3. The number of anilines is 1. The number of para-hydroxylation sites is 1. The average Bonchev–Trinajstić information content (AvgIpc) is 3.14. The van der Waals surface area contributed by atoms with E-state index in [-0.39, 0.29) is 12.5 Å². The number of carbonyl (C=O) groups excluding carboxylic acids is 1. The van der Waals surface area contributed by atoms with Crippen LogP contribution in [0.2, 0.25) is 0 Å². The molecule has 0 radical (unpaired) electrons. The first-order valence-corrected chi connectivity index (χ1v) is 10.3. The van der Waals surface area contributed by atoms with Crippen molar-refractivity contribution in [3.8, 4) is 5.75 Å². The Balaban J connectivity index is 1.49. The van der Waals surface area contributed by atoms with Gasteiger partial charge in [-0.2, -0.15) is 0 Å². The Hall–Kier alpha value is -4.19. The molecule has 0 saturated carbocycles. The molecule has 6 heteroatoms. The van der Waals surface area contributed by atoms with E-state index < -0.39 is 0 Å². The Morgan fingerprint density at radius 3 is 2.44 bits per heavy atom. The summed E-state index contributed by atoms with van der Waals surface area (Å²) in [5.74, 6) is 0.938. The largest absolute Gasteiger partial charge is 0.488 e. The van der Waals surface area contributed by atoms with Gasteiger partial charge in [-0.3, -0.25) is 9.78 Å². The molecule has 0 atom stereocenters. The Morgan fingerprint density at radius 2 is 1.69 bits per heavy atom. The molecule has 0 fully saturated rings. The van der Waals surface area contributed by atoms with Crippen molar-refractivity contribution in [2.24, 2.45) is 0 Å². The van der Waals surface area contributed by atoms with Crippen molar-refractivity contribution in [1.82, 2.24) is 10.1 Å². The number of aromatic nitrogens is 2. The summed E-state index contributed by atoms with van der Waals surface area (Å²) in [4.78, 5) is 17.7. The number of rotatable bonds is 5. The van der Waals surface area contributed by atoms with E-state index in [0.29, 0.717) is 22.8 Å². The molecule has 0 aliphatic carbocycles. The summed E-state index contributed by atoms with van der Waals surface area (Å²) < 4.78 is 11.3. The summed E-state index contributed by atoms with van der Waals surface area (Å²) in [6.07, 6.45) is 1.66. The number of nitrogens with one attached hydrogen (secondary N) is 1. The maximum Gasteiger partial charge on any atom is 0.259 e. The van der Waals surface area contributed by atoms with Crippen LogP contribution in [0.3, 0.4) is 0 Å². The molecule has 0 spiro atoms. The van der Waals surface area contributed by atoms with Crippen molar-refractivity contribution in [1.29, 1.82) is 0 Å². The summed E-state index contributed by atoms with van der Waals surface area (Å²) >= 11 is 0. The Bertz CT molecular complexity index is 1440. The third-order valence-corrected chi connectivity index (χ3v) is 5.49. The lowest BCUT2D eigenvalue weighted by atomic mass is 10.0. The number of pyridine rings is 1. The van der Waals surface area contributed by atoms with Crippen LogP contribution in [0, 0.1) is 13.8 Å². The Kier molecular flexibility index (Phi) is 5.03. The lowest BCUT2D eigenvalue weighted by Crippen LogP contribution is -2.14. The van der Waals surface area contributed by atoms with Crippen LogP contribution in [0.25, 0.3) is 21.7 Å². The van der Waals surface area contributed by atoms with Gasteiger partial charge in [0.2, 0.25) is 0 Å². The first-order valence-electron chi connectivity index (χ1n) is 10.3. The molecule has 2 heterocycles. The number of hydrogen-bond acceptors (Lipinski definition) is 5. The van der Waals surface area contributed by atoms with Crippen LogP contribution < -0.4 is 10.1 Å². The summed E-state index contributed by atoms with van der Waals surface area (Å²) in [5.41, 5.74) is 3.60. The van der Waals surface area contributed by atoms with E-state index in [1.165, 1.54) is 0 Å². The highest BCUT2D eigenvalue weighted by atomic mass is 16.5. The van der Waals surface area contributed by atoms with Crippen LogP contribution in [0.4, 0.5) is 5.69 Å². The fourth-order valence-corrected chi connectivity index (χ4v) is 3.71. The Morgan fingerprint density at radius 1 is 0.969 bits per heavy atom. The number of nitrogens with zero attached hydrogens (tertiary/aromatic N) is 2. The zero-order valence-electron chi connectivity index (χ0n) is 17.8. The minimum atomic E-state index is -0.262. The molecule has 0 bridgehead atoms. The van der Waals surface area contributed by atoms with Crippen molar-refractivity contribution in [2.45, 2.75) is 20.5 Å². The molecule has 158 valence electrons. The summed E-state index contributed by atoms with van der Waals surface area (Å²) in [5, 5.41) is 9.84. The molecular formula is C26H21N3O3. The standard InChI is InChI=1S/C26H21N3O3/c1-16-23(17(2)32-29-16)15-31-25-13-19-8-4-3-7-18(19)12-22(25)26(30)28-21-11-20-9-5-6-10-24(20)27-14-21/h3-14H,15H2,1-2H3,(H,28,30). The summed E-state index contributed by atoms with van der Waals surface area (Å²) in [6.45, 7) is 3.98. The molecule has 0 aliphatic rings. The van der Waals surface area contributed by atoms with Crippen LogP contribution >= 0.6 is 0 Å². The van der Waals surface area contributed by atoms with E-state index in [1.807, 2.05) is 80.6 Å². The van der Waals surface area contributed by atoms with E-state index in [0.717, 1.165) is 32.9 Å². The van der Waals surface area contributed by atoms with Gasteiger partial charge in [0.15, 0.2) is 0 Å². The maximum absolute atomic E-state index is 13.3. The lowest BCUT2D eigenvalue weighted by molar-refractivity contribution is 0.102. The van der Waals surface area contributed by atoms with Gasteiger partial charge in [0, 0.05) is 5.39 Å². The third kappa shape index (κ3) is 3.78. The van der Waals surface area contributed by atoms with Gasteiger partial charge in [-0.05, 0) is 48.9 Å². The molecule has 0 aliphatic heterocycles. The van der Waals surface area contributed by atoms with Gasteiger partial charge in [-0.1, -0.05) is 47.6 Å². The highest BCUT2D eigenvalue weighted by Crippen LogP contribution is 2.29. The van der Waals surface area contributed by atoms with Crippen LogP contribution in [-0.2, 0) is 6.61 Å². The van der Waals surface area contributed by atoms with Gasteiger partial charge in [0.05, 0.1) is 34.2 Å². The minimum absolute atomic E-state index is 0.261. The molecule has 5 rings (SSSR count). The van der Waals surface area contributed by atoms with Crippen LogP contribution in [0.15, 0.2) is 77.4 Å². The van der Waals surface area contributed by atoms with Gasteiger partial charge >= 0.3 is 0 Å². The first-order chi connectivity index (χ1) is 15.6. The van der Waals surface area contributed by atoms with Crippen molar-refractivity contribution >= 4 is 33.3 Å². The number of hydrogen-bond donors (Lipinski definition) is 1. The highest BCUT2D eigenvalue weighted by molar-refractivity contribution is 6.09. The van der Waals surface area contributed by atoms with Crippen LogP contribution in [0.5, 0.6) is 5.75 Å². The van der Waals surface area contributed by atoms with Crippen LogP contribution in [0.1, 0.15) is 27.4 Å². The van der Waals surface area contributed by atoms with E-state index in [1.54, 1.807) is 6.20 Å². The fourth-order valence-electron chi connectivity index (χ4n) is 3.71. The second kappa shape index (κ2) is 8.15. The van der Waals surface area contributed by atoms with E-state index in [4.69, 9.17) is 9.26 Å². The average molecular weight is 423 g/mol. The summed E-state index contributed by atoms with van der Waals surface area (Å²) in [7, 11) is 0. The first kappa shape index (κ1) is 19.8. The van der Waals surface area contributed by atoms with Gasteiger partial charge in [0.1, 0.15) is 18.1 Å². The van der Waals surface area contributed by atoms with Crippen molar-refractivity contribution in [3.05, 3.63) is 95.5 Å². The smallest absolute Gasteiger partial charge is 0.259 e. The number of carbonyl (C=O) groups is 1. The quantitative estimate of drug-likeness (QED) is 0.385. The zero-order chi connectivity index (χ0) is 22.1. The van der Waals surface area contributed by atoms with Crippen LogP contribution in [-0.4, -0.2) is 16.0 Å². The van der Waals surface area contributed by atoms with Crippen molar-refractivity contribution in [2.75, 3.05) is 5.32 Å². The Labute approximate surface area is 184 Å². The fraction of sp³-hybridized carbons (Fsp3) is 0.115. The zero-order valence-corrected chi connectivity index (χ0v) is 17.8. The minimum Gasteiger partial charge on any atom is -0.488 e. The number of benzene rings is 3. The lowest BCUT2D eigenvalue weighted by Gasteiger charge is -2.14. The molecule has 1 N–H and O–H groups in total. The molecule has 0 saturated heterocycles. The van der Waals surface area contributed by atoms with E-state index in [2.05, 4.69) is 15.5 Å². The predicted molar refractivity (Wildman–Crippen MR) is 124 cm³/mol. The molecule has 1 amide bonds. The molecule has 32 heavy (non-hydrogen) atoms. The predicted octanol–water partition coefficient (Wildman–Crippen LogP) is 5.82. The monoisotopic (exact) mass is 423 g/mol. The molecule has 5 aromatic rings. The van der Waals surface area contributed by atoms with Gasteiger partial charge in [-0.15, -0.1) is 0 Å². The molecule has 6 nitrogen and oxygen atoms in total. The normalized spacial score (nSPS) is 11.1. The molecule has 3 aromatic carbocycles. The number of aryl methyl sites for hydroxylation is 2. The molecule has 2 aromatic heterocycles. The van der Waals surface area contributed by atoms with E-state index >= 15 is 0 Å². The van der Waals surface area contributed by atoms with Gasteiger partial charge in [0.25, 0.3) is 5.91 Å².